The van der Waals surface area contributed by atoms with E-state index in [0.717, 1.165) is 0 Å². The van der Waals surface area contributed by atoms with Crippen LogP contribution in [0, 0.1) is 0 Å². The number of ether oxygens (including phenoxy) is 2. The number of hydrogen-bond acceptors (Lipinski definition) is 6. The maximum absolute atomic E-state index is 10.8. The second kappa shape index (κ2) is 9.31. The first-order chi connectivity index (χ1) is 11.2. The van der Waals surface area contributed by atoms with Crippen molar-refractivity contribution in [1.82, 2.24) is 0 Å². The highest BCUT2D eigenvalue weighted by molar-refractivity contribution is 7.95. The van der Waals surface area contributed by atoms with E-state index >= 15 is 0 Å². The SMILES string of the molecule is COC(=O)Oc1ccc([S+](C)C)cc1.O=S(=O)([O-])c1ccccc1. The lowest BCUT2D eigenvalue weighted by atomic mass is 10.3. The predicted octanol–water partition coefficient (Wildman–Crippen LogP) is 2.66. The maximum atomic E-state index is 10.8. The Morgan fingerprint density at radius 2 is 1.54 bits per heavy atom. The third-order valence-corrected chi connectivity index (χ3v) is 4.76. The van der Waals surface area contributed by atoms with Crippen molar-refractivity contribution in [2.45, 2.75) is 9.79 Å². The molecule has 6 nitrogen and oxygen atoms in total. The Morgan fingerprint density at radius 3 is 1.92 bits per heavy atom. The van der Waals surface area contributed by atoms with Crippen LogP contribution in [0.25, 0.3) is 0 Å². The van der Waals surface area contributed by atoms with Crippen LogP contribution in [0.3, 0.4) is 0 Å². The fourth-order valence-electron chi connectivity index (χ4n) is 1.50. The molecule has 0 N–H and O–H groups in total. The second-order valence-corrected chi connectivity index (χ2v) is 8.10. The fraction of sp³-hybridized carbons (Fsp3) is 0.188. The molecular formula is C16H18O6S2. The molecule has 130 valence electrons. The van der Waals surface area contributed by atoms with Crippen molar-refractivity contribution in [3.8, 4) is 5.75 Å². The number of methoxy groups -OCH3 is 1. The lowest BCUT2D eigenvalue weighted by molar-refractivity contribution is 0.121. The molecular weight excluding hydrogens is 352 g/mol. The largest absolute Gasteiger partial charge is 0.744 e. The summed E-state index contributed by atoms with van der Waals surface area (Å²) in [6.45, 7) is 0. The average Bonchev–Trinajstić information content (AvgIpc) is 2.56. The van der Waals surface area contributed by atoms with Crippen molar-refractivity contribution in [3.05, 3.63) is 54.6 Å². The van der Waals surface area contributed by atoms with Gasteiger partial charge in [0.05, 0.1) is 12.0 Å². The molecule has 0 spiro atoms. The molecule has 0 aromatic heterocycles. The van der Waals surface area contributed by atoms with Crippen molar-refractivity contribution in [2.75, 3.05) is 19.6 Å². The van der Waals surface area contributed by atoms with Crippen LogP contribution in [0.4, 0.5) is 4.79 Å². The molecule has 0 atom stereocenters. The van der Waals surface area contributed by atoms with Gasteiger partial charge in [0.15, 0.2) is 4.90 Å². The Balaban J connectivity index is 0.000000254. The smallest absolute Gasteiger partial charge is 0.513 e. The predicted molar refractivity (Wildman–Crippen MR) is 91.4 cm³/mol. The Labute approximate surface area is 144 Å². The molecule has 0 aliphatic carbocycles. The van der Waals surface area contributed by atoms with Gasteiger partial charge in [-0.15, -0.1) is 0 Å². The van der Waals surface area contributed by atoms with Crippen molar-refractivity contribution in [1.29, 1.82) is 0 Å². The normalized spacial score (nSPS) is 10.5. The highest BCUT2D eigenvalue weighted by Crippen LogP contribution is 2.16. The van der Waals surface area contributed by atoms with Crippen LogP contribution < -0.4 is 4.74 Å². The van der Waals surface area contributed by atoms with E-state index in [4.69, 9.17) is 4.74 Å². The first kappa shape index (κ1) is 20.0. The lowest BCUT2D eigenvalue weighted by Crippen LogP contribution is -2.07. The number of rotatable bonds is 3. The summed E-state index contributed by atoms with van der Waals surface area (Å²) in [6.07, 6.45) is 3.58. The molecule has 0 bridgehead atoms. The Hall–Kier alpha value is -2.03. The third-order valence-electron chi connectivity index (χ3n) is 2.69. The Bertz CT molecular complexity index is 740. The van der Waals surface area contributed by atoms with Crippen LogP contribution in [-0.4, -0.2) is 38.7 Å². The van der Waals surface area contributed by atoms with Crippen LogP contribution in [0.1, 0.15) is 0 Å². The van der Waals surface area contributed by atoms with E-state index in [9.17, 15) is 17.8 Å². The van der Waals surface area contributed by atoms with Gasteiger partial charge < -0.3 is 14.0 Å². The van der Waals surface area contributed by atoms with E-state index in [0.29, 0.717) is 5.75 Å². The van der Waals surface area contributed by atoms with Gasteiger partial charge in [-0.05, 0) is 36.4 Å². The minimum atomic E-state index is -4.25. The van der Waals surface area contributed by atoms with Crippen molar-refractivity contribution >= 4 is 27.2 Å². The molecule has 0 saturated heterocycles. The number of benzene rings is 2. The number of carbonyl (C=O) groups excluding carboxylic acids is 1. The number of hydrogen-bond donors (Lipinski definition) is 0. The van der Waals surface area contributed by atoms with E-state index in [-0.39, 0.29) is 15.8 Å². The Kier molecular flexibility index (Phi) is 7.76. The highest BCUT2D eigenvalue weighted by Gasteiger charge is 2.09. The van der Waals surface area contributed by atoms with Crippen LogP contribution in [0.5, 0.6) is 5.75 Å². The summed E-state index contributed by atoms with van der Waals surface area (Å²) in [5.74, 6) is 0.506. The summed E-state index contributed by atoms with van der Waals surface area (Å²) in [5.41, 5.74) is 0. The van der Waals surface area contributed by atoms with E-state index in [1.54, 1.807) is 18.2 Å². The molecule has 2 rings (SSSR count). The van der Waals surface area contributed by atoms with Crippen LogP contribution in [0.15, 0.2) is 64.4 Å². The van der Waals surface area contributed by atoms with Crippen LogP contribution in [0.2, 0.25) is 0 Å². The average molecular weight is 370 g/mol. The molecule has 0 aliphatic heterocycles. The molecule has 0 unspecified atom stereocenters. The molecule has 2 aromatic rings. The highest BCUT2D eigenvalue weighted by atomic mass is 32.2. The van der Waals surface area contributed by atoms with Gasteiger partial charge in [0, 0.05) is 10.9 Å². The zero-order valence-electron chi connectivity index (χ0n) is 13.5. The summed E-state index contributed by atoms with van der Waals surface area (Å²) >= 11 is 0. The fourth-order valence-corrected chi connectivity index (χ4v) is 2.68. The quantitative estimate of drug-likeness (QED) is 0.357. The van der Waals surface area contributed by atoms with Crippen LogP contribution >= 0.6 is 0 Å². The number of carbonyl (C=O) groups is 1. The molecule has 0 saturated carbocycles. The van der Waals surface area contributed by atoms with E-state index < -0.39 is 16.3 Å². The maximum Gasteiger partial charge on any atom is 0.513 e. The van der Waals surface area contributed by atoms with Crippen molar-refractivity contribution < 1.29 is 27.2 Å². The van der Waals surface area contributed by atoms with Gasteiger partial charge >= 0.3 is 6.16 Å². The molecule has 0 fully saturated rings. The monoisotopic (exact) mass is 370 g/mol. The second-order valence-electron chi connectivity index (χ2n) is 4.61. The lowest BCUT2D eigenvalue weighted by Gasteiger charge is -2.04. The molecule has 0 amide bonds. The van der Waals surface area contributed by atoms with Gasteiger partial charge in [-0.2, -0.15) is 0 Å². The van der Waals surface area contributed by atoms with Gasteiger partial charge in [0.2, 0.25) is 0 Å². The van der Waals surface area contributed by atoms with Gasteiger partial charge in [-0.1, -0.05) is 18.2 Å². The van der Waals surface area contributed by atoms with E-state index in [1.807, 2.05) is 12.1 Å². The standard InChI is InChI=1S/C10H13O3S.C6H6O3S/c1-12-10(11)13-8-4-6-9(7-5-8)14(2)3;7-10(8,9)6-4-2-1-3-5-6/h4-7H,1-3H3;1-5H,(H,7,8,9)/q+1;/p-1. The van der Waals surface area contributed by atoms with E-state index in [1.165, 1.54) is 36.3 Å². The summed E-state index contributed by atoms with van der Waals surface area (Å²) in [5, 5.41) is 0. The van der Waals surface area contributed by atoms with Gasteiger partial charge in [0.1, 0.15) is 28.4 Å². The summed E-state index contributed by atoms with van der Waals surface area (Å²) in [6, 6.07) is 14.6. The van der Waals surface area contributed by atoms with Gasteiger partial charge in [-0.3, -0.25) is 0 Å². The minimum absolute atomic E-state index is 0.185. The first-order valence-corrected chi connectivity index (χ1v) is 10.1. The molecule has 8 heteroatoms. The van der Waals surface area contributed by atoms with Crippen molar-refractivity contribution in [3.63, 3.8) is 0 Å². The minimum Gasteiger partial charge on any atom is -0.744 e. The molecule has 0 radical (unpaired) electrons. The van der Waals surface area contributed by atoms with Crippen LogP contribution in [-0.2, 0) is 25.7 Å². The van der Waals surface area contributed by atoms with Crippen molar-refractivity contribution in [2.24, 2.45) is 0 Å². The first-order valence-electron chi connectivity index (χ1n) is 6.68. The zero-order chi connectivity index (χ0) is 18.2. The summed E-state index contributed by atoms with van der Waals surface area (Å²) < 4.78 is 40.0. The summed E-state index contributed by atoms with van der Waals surface area (Å²) in [4.78, 5) is 11.8. The topological polar surface area (TPSA) is 92.7 Å². The van der Waals surface area contributed by atoms with E-state index in [2.05, 4.69) is 17.2 Å². The van der Waals surface area contributed by atoms with Gasteiger partial charge in [0.25, 0.3) is 0 Å². The molecule has 0 heterocycles. The molecule has 0 aliphatic rings. The molecule has 24 heavy (non-hydrogen) atoms. The Morgan fingerprint density at radius 1 is 1.00 bits per heavy atom. The zero-order valence-corrected chi connectivity index (χ0v) is 15.1. The summed E-state index contributed by atoms with van der Waals surface area (Å²) in [7, 11) is -2.74. The molecule has 2 aromatic carbocycles. The third kappa shape index (κ3) is 7.03. The van der Waals surface area contributed by atoms with Gasteiger partial charge in [-0.25, -0.2) is 13.2 Å².